The summed E-state index contributed by atoms with van der Waals surface area (Å²) in [6, 6.07) is 0. The highest BCUT2D eigenvalue weighted by Gasteiger charge is 2.25. The lowest BCUT2D eigenvalue weighted by molar-refractivity contribution is -0.138. The van der Waals surface area contributed by atoms with Crippen molar-refractivity contribution in [2.75, 3.05) is 0 Å². The molecule has 0 aromatic carbocycles. The molecule has 8 bridgehead atoms. The van der Waals surface area contributed by atoms with E-state index in [-0.39, 0.29) is 19.3 Å². The smallest absolute Gasteiger partial charge is 0.303 e. The normalized spacial score (nSPS) is 15.4. The molecule has 3 atom stereocenters. The third-order valence-electron chi connectivity index (χ3n) is 12.6. The lowest BCUT2D eigenvalue weighted by Crippen LogP contribution is -2.25. The van der Waals surface area contributed by atoms with Crippen LogP contribution >= 0.6 is 0 Å². The van der Waals surface area contributed by atoms with Crippen LogP contribution in [0.1, 0.15) is 170 Å². The molecule has 0 radical (unpaired) electrons. The highest BCUT2D eigenvalue weighted by atomic mass is 16.4. The second kappa shape index (κ2) is 20.3. The van der Waals surface area contributed by atoms with Gasteiger partial charge < -0.3 is 40.4 Å². The monoisotopic (exact) mass is 809 g/mol. The van der Waals surface area contributed by atoms with E-state index >= 15 is 0 Å². The molecule has 5 rings (SSSR count). The van der Waals surface area contributed by atoms with E-state index in [9.17, 15) is 30.0 Å². The number of aliphatic hydroxyl groups excluding tert-OH is 2. The van der Waals surface area contributed by atoms with Crippen LogP contribution in [0.2, 0.25) is 0 Å². The fraction of sp³-hybridized carbons (Fsp3) is 0.510. The minimum absolute atomic E-state index is 0.0329. The van der Waals surface area contributed by atoms with Gasteiger partial charge in [-0.3, -0.25) is 9.59 Å². The second-order valence-electron chi connectivity index (χ2n) is 17.6. The summed E-state index contributed by atoms with van der Waals surface area (Å²) in [5.41, 5.74) is 12.5. The van der Waals surface area contributed by atoms with Gasteiger partial charge in [-0.25, -0.2) is 0 Å². The van der Waals surface area contributed by atoms with Crippen molar-refractivity contribution in [3.8, 4) is 0 Å². The number of carboxylic acids is 2. The fourth-order valence-corrected chi connectivity index (χ4v) is 9.08. The van der Waals surface area contributed by atoms with Gasteiger partial charge in [0.15, 0.2) is 0 Å². The van der Waals surface area contributed by atoms with Crippen LogP contribution in [-0.2, 0) is 41.7 Å². The maximum absolute atomic E-state index is 11.9. The molecular weight excluding hydrogens is 741 g/mol. The summed E-state index contributed by atoms with van der Waals surface area (Å²) in [6.45, 7) is 19.5. The molecule has 320 valence electrons. The first-order valence-electron chi connectivity index (χ1n) is 21.7. The highest BCUT2D eigenvalue weighted by molar-refractivity contribution is 5.68. The standard InChI is InChI=1S/C49H68N4O6/c1-9-34-31(6)39-25-45-49(46(55)18-12-17-30(5)16-11-15-29(4)14-10-13-28(2)3)33(8)40(52-45)24-44-37(27-54)36(20-22-48(58)59)43(53-44)26-42-35(19-21-47(56)57)32(7)38(51-42)23-41(34)50-39/h9,12,18,24,27-30,46,50-55H,1,10-11,13-17,19-23,25-26H2,2-8H3,(H,56,57)(H,58,59)/b18-12+,37-27-,44-24-/t29-,30+,46+/m1/s1. The molecule has 0 fully saturated rings. The van der Waals surface area contributed by atoms with Crippen molar-refractivity contribution in [1.29, 1.82) is 0 Å². The molecule has 0 unspecified atom stereocenters. The fourth-order valence-electron chi connectivity index (χ4n) is 9.08. The van der Waals surface area contributed by atoms with Crippen LogP contribution in [0.15, 0.2) is 18.7 Å². The highest BCUT2D eigenvalue weighted by Crippen LogP contribution is 2.33. The van der Waals surface area contributed by atoms with Crippen molar-refractivity contribution in [3.63, 3.8) is 0 Å². The van der Waals surface area contributed by atoms with Gasteiger partial charge in [-0.2, -0.15) is 0 Å². The number of H-pyrrole nitrogens is 4. The van der Waals surface area contributed by atoms with Crippen molar-refractivity contribution in [3.05, 3.63) is 108 Å². The Morgan fingerprint density at radius 2 is 1.31 bits per heavy atom. The van der Waals surface area contributed by atoms with Gasteiger partial charge in [-0.15, -0.1) is 0 Å². The van der Waals surface area contributed by atoms with Crippen molar-refractivity contribution in [2.24, 2.45) is 17.8 Å². The Morgan fingerprint density at radius 3 is 1.95 bits per heavy atom. The summed E-state index contributed by atoms with van der Waals surface area (Å²) in [7, 11) is 0. The first-order chi connectivity index (χ1) is 28.1. The molecule has 8 N–H and O–H groups in total. The first kappa shape index (κ1) is 45.1. The number of aromatic amines is 4. The number of allylic oxidation sites excluding steroid dienone is 1. The molecule has 0 aliphatic carbocycles. The zero-order valence-electron chi connectivity index (χ0n) is 36.4. The molecular formula is C49H68N4O6. The quantitative estimate of drug-likeness (QED) is 0.0386. The van der Waals surface area contributed by atoms with Crippen molar-refractivity contribution >= 4 is 30.4 Å². The molecule has 0 saturated heterocycles. The van der Waals surface area contributed by atoms with Crippen molar-refractivity contribution in [2.45, 2.75) is 144 Å². The number of aliphatic hydroxyl groups is 2. The minimum atomic E-state index is -0.948. The van der Waals surface area contributed by atoms with Gasteiger partial charge in [0.25, 0.3) is 0 Å². The maximum Gasteiger partial charge on any atom is 0.303 e. The van der Waals surface area contributed by atoms with Crippen molar-refractivity contribution < 1.29 is 30.0 Å². The largest absolute Gasteiger partial charge is 0.515 e. The Bertz CT molecular complexity index is 2260. The molecule has 10 heteroatoms. The van der Waals surface area contributed by atoms with Crippen LogP contribution in [-0.4, -0.2) is 52.3 Å². The Labute approximate surface area is 349 Å². The van der Waals surface area contributed by atoms with Crippen LogP contribution in [0, 0.1) is 38.5 Å². The molecule has 10 nitrogen and oxygen atoms in total. The maximum atomic E-state index is 11.9. The summed E-state index contributed by atoms with van der Waals surface area (Å²) in [5.74, 6) is 0.195. The number of carboxylic acid groups (broad SMARTS) is 2. The topological polar surface area (TPSA) is 178 Å². The molecule has 59 heavy (non-hydrogen) atoms. The van der Waals surface area contributed by atoms with Crippen molar-refractivity contribution in [1.82, 2.24) is 19.9 Å². The van der Waals surface area contributed by atoms with Crippen LogP contribution < -0.4 is 10.6 Å². The van der Waals surface area contributed by atoms with Gasteiger partial charge in [0.2, 0.25) is 0 Å². The summed E-state index contributed by atoms with van der Waals surface area (Å²) in [6.07, 6.45) is 18.1. The van der Waals surface area contributed by atoms with Crippen LogP contribution in [0.25, 0.3) is 18.4 Å². The number of hydrogen-bond acceptors (Lipinski definition) is 4. The predicted molar refractivity (Wildman–Crippen MR) is 237 cm³/mol. The molecule has 4 aromatic rings. The number of carbonyl (C=O) groups is 2. The van der Waals surface area contributed by atoms with Crippen LogP contribution in [0.4, 0.5) is 0 Å². The van der Waals surface area contributed by atoms with Gasteiger partial charge in [-0.1, -0.05) is 91.0 Å². The number of rotatable bonds is 19. The third kappa shape index (κ3) is 11.2. The number of aliphatic carboxylic acids is 2. The number of hydrogen-bond donors (Lipinski definition) is 8. The summed E-state index contributed by atoms with van der Waals surface area (Å²) in [5, 5.41) is 43.0. The van der Waals surface area contributed by atoms with E-state index in [2.05, 4.69) is 67.2 Å². The molecule has 1 aliphatic rings. The number of nitrogens with one attached hydrogen (secondary N) is 4. The molecule has 0 saturated carbocycles. The lowest BCUT2D eigenvalue weighted by Gasteiger charge is -2.14. The Balaban J connectivity index is 1.55. The lowest BCUT2D eigenvalue weighted by atomic mass is 9.92. The zero-order valence-corrected chi connectivity index (χ0v) is 36.4. The van der Waals surface area contributed by atoms with E-state index in [4.69, 9.17) is 0 Å². The molecule has 0 spiro atoms. The van der Waals surface area contributed by atoms with E-state index in [0.29, 0.717) is 47.7 Å². The Morgan fingerprint density at radius 1 is 0.729 bits per heavy atom. The minimum Gasteiger partial charge on any atom is -0.515 e. The van der Waals surface area contributed by atoms with E-state index in [1.165, 1.54) is 32.1 Å². The SMILES string of the molecule is C=Cc1c2[nH]c(c1C)Cc1[nH]c(c(C)c1[C@@H](O)/C=C/C[C@@H](C)CCC[C@H](C)CCCC(C)C)/C=c1\[nH]c(c(CCC(=O)O)\c1=C\O)Cc1[nH]c(c(C)c1CCC(=O)O)C2. The third-order valence-corrected chi connectivity index (χ3v) is 12.6. The average molecular weight is 809 g/mol. The van der Waals surface area contributed by atoms with Crippen LogP contribution in [0.5, 0.6) is 0 Å². The zero-order chi connectivity index (χ0) is 43.0. The van der Waals surface area contributed by atoms with Gasteiger partial charge in [0, 0.05) is 82.7 Å². The van der Waals surface area contributed by atoms with Gasteiger partial charge in [0.05, 0.1) is 17.7 Å². The Kier molecular flexibility index (Phi) is 15.6. The molecule has 4 aromatic heterocycles. The van der Waals surface area contributed by atoms with Gasteiger partial charge in [-0.05, 0) is 97.2 Å². The molecule has 0 amide bonds. The van der Waals surface area contributed by atoms with E-state index in [1.807, 2.05) is 32.1 Å². The first-order valence-corrected chi connectivity index (χ1v) is 21.7. The average Bonchev–Trinajstić information content (AvgIpc) is 3.85. The number of aromatic nitrogens is 4. The van der Waals surface area contributed by atoms with E-state index < -0.39 is 18.0 Å². The van der Waals surface area contributed by atoms with E-state index in [1.54, 1.807) is 0 Å². The van der Waals surface area contributed by atoms with Gasteiger partial charge >= 0.3 is 11.9 Å². The number of fused-ring (bicyclic) bond motifs is 8. The Hall–Kier alpha value is -4.96. The summed E-state index contributed by atoms with van der Waals surface area (Å²) in [4.78, 5) is 38.0. The second-order valence-corrected chi connectivity index (χ2v) is 17.6. The molecule has 1 aliphatic heterocycles. The molecule has 5 heterocycles. The summed E-state index contributed by atoms with van der Waals surface area (Å²) >= 11 is 0. The predicted octanol–water partition coefficient (Wildman–Crippen LogP) is 9.06. The van der Waals surface area contributed by atoms with E-state index in [0.717, 1.165) is 104 Å². The van der Waals surface area contributed by atoms with Gasteiger partial charge in [0.1, 0.15) is 0 Å². The van der Waals surface area contributed by atoms with Crippen LogP contribution in [0.3, 0.4) is 0 Å². The summed E-state index contributed by atoms with van der Waals surface area (Å²) < 4.78 is 0.